The summed E-state index contributed by atoms with van der Waals surface area (Å²) in [4.78, 5) is 43.9. The number of hydrogen-bond donors (Lipinski definition) is 1. The van der Waals surface area contributed by atoms with E-state index in [0.717, 1.165) is 22.6 Å². The van der Waals surface area contributed by atoms with Gasteiger partial charge in [0.1, 0.15) is 18.0 Å². The lowest BCUT2D eigenvalue weighted by Gasteiger charge is -2.41. The van der Waals surface area contributed by atoms with Crippen LogP contribution in [-0.2, 0) is 14.3 Å². The summed E-state index contributed by atoms with van der Waals surface area (Å²) in [5.74, 6) is 0.183. The molecule has 192 valence electrons. The third kappa shape index (κ3) is 6.13. The van der Waals surface area contributed by atoms with Crippen LogP contribution >= 0.6 is 0 Å². The van der Waals surface area contributed by atoms with Crippen molar-refractivity contribution < 1.29 is 23.9 Å². The molecule has 3 heterocycles. The maximum Gasteiger partial charge on any atom is 0.410 e. The summed E-state index contributed by atoms with van der Waals surface area (Å²) in [7, 11) is 2.01. The summed E-state index contributed by atoms with van der Waals surface area (Å²) in [6.45, 7) is 7.95. The number of carbonyl (C=O) groups is 3. The molecule has 2 aliphatic rings. The molecule has 2 fully saturated rings. The van der Waals surface area contributed by atoms with Crippen molar-refractivity contribution in [3.63, 3.8) is 0 Å². The number of nitrogens with one attached hydrogen (secondary N) is 1. The average molecular weight is 495 g/mol. The molecule has 1 unspecified atom stereocenters. The van der Waals surface area contributed by atoms with Gasteiger partial charge in [-0.3, -0.25) is 19.9 Å². The van der Waals surface area contributed by atoms with Gasteiger partial charge in [0.2, 0.25) is 11.8 Å². The van der Waals surface area contributed by atoms with Crippen LogP contribution in [0.1, 0.15) is 56.6 Å². The summed E-state index contributed by atoms with van der Waals surface area (Å²) in [5.41, 5.74) is 2.54. The van der Waals surface area contributed by atoms with Crippen molar-refractivity contribution in [2.45, 2.75) is 51.0 Å². The zero-order valence-electron chi connectivity index (χ0n) is 21.3. The molecule has 0 bridgehead atoms. The summed E-state index contributed by atoms with van der Waals surface area (Å²) in [6.07, 6.45) is 4.25. The van der Waals surface area contributed by atoms with Crippen molar-refractivity contribution in [1.29, 1.82) is 0 Å². The van der Waals surface area contributed by atoms with Crippen molar-refractivity contribution in [2.75, 3.05) is 38.2 Å². The minimum atomic E-state index is -0.507. The van der Waals surface area contributed by atoms with E-state index in [-0.39, 0.29) is 29.7 Å². The van der Waals surface area contributed by atoms with Crippen molar-refractivity contribution in [3.05, 3.63) is 53.9 Å². The minimum absolute atomic E-state index is 0.212. The third-order valence-corrected chi connectivity index (χ3v) is 6.43. The van der Waals surface area contributed by atoms with Gasteiger partial charge in [0.15, 0.2) is 0 Å². The SMILES string of the molecule is CN(CCOc1ccc(C2CCC(=O)NC2=O)cc1)c1ccncc1C1CN(C(=O)OC(C)(C)C)C1. The molecule has 0 saturated carbocycles. The van der Waals surface area contributed by atoms with Gasteiger partial charge < -0.3 is 19.3 Å². The molecule has 9 heteroatoms. The zero-order valence-corrected chi connectivity index (χ0v) is 21.3. The number of aromatic nitrogens is 1. The molecule has 3 amide bonds. The number of imide groups is 1. The molecule has 4 rings (SSSR count). The lowest BCUT2D eigenvalue weighted by Crippen LogP contribution is -2.50. The van der Waals surface area contributed by atoms with E-state index < -0.39 is 5.60 Å². The second-order valence-corrected chi connectivity index (χ2v) is 10.4. The smallest absolute Gasteiger partial charge is 0.410 e. The van der Waals surface area contributed by atoms with E-state index in [1.54, 1.807) is 11.1 Å². The van der Waals surface area contributed by atoms with E-state index in [2.05, 4.69) is 15.2 Å². The number of piperidine rings is 1. The van der Waals surface area contributed by atoms with E-state index in [0.29, 0.717) is 39.1 Å². The Labute approximate surface area is 211 Å². The van der Waals surface area contributed by atoms with Gasteiger partial charge in [-0.1, -0.05) is 12.1 Å². The van der Waals surface area contributed by atoms with Crippen molar-refractivity contribution >= 4 is 23.6 Å². The number of carbonyl (C=O) groups excluding carboxylic acids is 3. The summed E-state index contributed by atoms with van der Waals surface area (Å²) in [6, 6.07) is 9.47. The Bertz CT molecular complexity index is 1110. The molecule has 1 aromatic carbocycles. The number of likely N-dealkylation sites (N-methyl/N-ethyl adjacent to an activating group) is 1. The Kier molecular flexibility index (Phi) is 7.47. The number of anilines is 1. The Hall–Kier alpha value is -3.62. The Balaban J connectivity index is 1.28. The largest absolute Gasteiger partial charge is 0.492 e. The molecule has 2 aliphatic heterocycles. The number of likely N-dealkylation sites (tertiary alicyclic amines) is 1. The van der Waals surface area contributed by atoms with E-state index in [1.165, 1.54) is 0 Å². The molecule has 2 saturated heterocycles. The Morgan fingerprint density at radius 2 is 1.89 bits per heavy atom. The van der Waals surface area contributed by atoms with Gasteiger partial charge in [-0.25, -0.2) is 4.79 Å². The maximum absolute atomic E-state index is 12.3. The predicted molar refractivity (Wildman–Crippen MR) is 135 cm³/mol. The third-order valence-electron chi connectivity index (χ3n) is 6.43. The zero-order chi connectivity index (χ0) is 25.9. The van der Waals surface area contributed by atoms with Gasteiger partial charge in [0, 0.05) is 56.1 Å². The standard InChI is InChI=1S/C27H34N4O5/c1-27(2,3)36-26(34)31-16-19(17-31)22-15-28-12-11-23(22)30(4)13-14-35-20-7-5-18(6-8-20)21-9-10-24(32)29-25(21)33/h5-8,11-12,15,19,21H,9-10,13-14,16-17H2,1-4H3,(H,29,32,33). The summed E-state index contributed by atoms with van der Waals surface area (Å²) < 4.78 is 11.4. The van der Waals surface area contributed by atoms with Crippen LogP contribution in [0, 0.1) is 0 Å². The second-order valence-electron chi connectivity index (χ2n) is 10.4. The first kappa shape index (κ1) is 25.5. The quantitative estimate of drug-likeness (QED) is 0.589. The molecule has 1 atom stereocenters. The number of amides is 3. The lowest BCUT2D eigenvalue weighted by molar-refractivity contribution is -0.134. The number of hydrogen-bond acceptors (Lipinski definition) is 7. The van der Waals surface area contributed by atoms with Crippen LogP contribution < -0.4 is 15.0 Å². The van der Waals surface area contributed by atoms with E-state index in [4.69, 9.17) is 9.47 Å². The molecule has 1 aromatic heterocycles. The summed E-state index contributed by atoms with van der Waals surface area (Å²) >= 11 is 0. The molecular formula is C27H34N4O5. The fraction of sp³-hybridized carbons (Fsp3) is 0.481. The predicted octanol–water partition coefficient (Wildman–Crippen LogP) is 3.45. The highest BCUT2D eigenvalue weighted by atomic mass is 16.6. The maximum atomic E-state index is 12.3. The van der Waals surface area contributed by atoms with Gasteiger partial charge in [-0.2, -0.15) is 0 Å². The van der Waals surface area contributed by atoms with Gasteiger partial charge in [0.05, 0.1) is 12.5 Å². The minimum Gasteiger partial charge on any atom is -0.492 e. The second kappa shape index (κ2) is 10.6. The first-order valence-corrected chi connectivity index (χ1v) is 12.3. The molecular weight excluding hydrogens is 460 g/mol. The molecule has 0 spiro atoms. The van der Waals surface area contributed by atoms with Crippen molar-refractivity contribution in [3.8, 4) is 5.75 Å². The average Bonchev–Trinajstić information content (AvgIpc) is 2.78. The number of benzene rings is 1. The molecule has 36 heavy (non-hydrogen) atoms. The highest BCUT2D eigenvalue weighted by molar-refractivity contribution is 6.00. The van der Waals surface area contributed by atoms with Gasteiger partial charge in [-0.05, 0) is 51.0 Å². The van der Waals surface area contributed by atoms with Crippen LogP contribution in [-0.4, -0.2) is 66.7 Å². The number of pyridine rings is 1. The van der Waals surface area contributed by atoms with Crippen molar-refractivity contribution in [2.24, 2.45) is 0 Å². The normalized spacial score (nSPS) is 18.3. The van der Waals surface area contributed by atoms with E-state index >= 15 is 0 Å². The van der Waals surface area contributed by atoms with Crippen LogP contribution in [0.5, 0.6) is 5.75 Å². The highest BCUT2D eigenvalue weighted by Crippen LogP contribution is 2.34. The topological polar surface area (TPSA) is 101 Å². The molecule has 0 radical (unpaired) electrons. The van der Waals surface area contributed by atoms with Crippen LogP contribution in [0.25, 0.3) is 0 Å². The van der Waals surface area contributed by atoms with Crippen LogP contribution in [0.4, 0.5) is 10.5 Å². The fourth-order valence-corrected chi connectivity index (χ4v) is 4.44. The Morgan fingerprint density at radius 1 is 1.17 bits per heavy atom. The van der Waals surface area contributed by atoms with Crippen LogP contribution in [0.15, 0.2) is 42.7 Å². The van der Waals surface area contributed by atoms with Gasteiger partial charge in [-0.15, -0.1) is 0 Å². The van der Waals surface area contributed by atoms with E-state index in [9.17, 15) is 14.4 Å². The number of rotatable bonds is 7. The van der Waals surface area contributed by atoms with Gasteiger partial charge in [0.25, 0.3) is 0 Å². The fourth-order valence-electron chi connectivity index (χ4n) is 4.44. The number of nitrogens with zero attached hydrogens (tertiary/aromatic N) is 3. The molecule has 2 aromatic rings. The first-order chi connectivity index (χ1) is 17.1. The highest BCUT2D eigenvalue weighted by Gasteiger charge is 2.36. The lowest BCUT2D eigenvalue weighted by atomic mass is 9.90. The first-order valence-electron chi connectivity index (χ1n) is 12.3. The Morgan fingerprint density at radius 3 is 2.56 bits per heavy atom. The van der Waals surface area contributed by atoms with Crippen molar-refractivity contribution in [1.82, 2.24) is 15.2 Å². The summed E-state index contributed by atoms with van der Waals surface area (Å²) in [5, 5.41) is 2.40. The van der Waals surface area contributed by atoms with Crippen LogP contribution in [0.2, 0.25) is 0 Å². The number of ether oxygens (including phenoxy) is 2. The van der Waals surface area contributed by atoms with E-state index in [1.807, 2.05) is 64.3 Å². The molecule has 0 aliphatic carbocycles. The molecule has 9 nitrogen and oxygen atoms in total. The molecule has 1 N–H and O–H groups in total. The van der Waals surface area contributed by atoms with Gasteiger partial charge >= 0.3 is 6.09 Å². The van der Waals surface area contributed by atoms with Crippen LogP contribution in [0.3, 0.4) is 0 Å². The monoisotopic (exact) mass is 494 g/mol.